The van der Waals surface area contributed by atoms with Crippen molar-refractivity contribution in [1.29, 1.82) is 0 Å². The molecule has 178 valence electrons. The normalized spacial score (nSPS) is 12.6. The SMILES string of the molecule is Cc1[nH]nc2cc(OCCCC[C@H](O)c3cccc(NS(=O)(=O)c4cccc(F)c4)c3)ccc12. The predicted octanol–water partition coefficient (Wildman–Crippen LogP) is 5.09. The summed E-state index contributed by atoms with van der Waals surface area (Å²) in [4.78, 5) is -0.167. The lowest BCUT2D eigenvalue weighted by Crippen LogP contribution is -2.13. The van der Waals surface area contributed by atoms with Crippen LogP contribution >= 0.6 is 0 Å². The van der Waals surface area contributed by atoms with E-state index in [1.165, 1.54) is 18.2 Å². The lowest BCUT2D eigenvalue weighted by atomic mass is 10.0. The molecule has 0 amide bonds. The van der Waals surface area contributed by atoms with E-state index in [1.54, 1.807) is 24.3 Å². The first-order valence-electron chi connectivity index (χ1n) is 11.0. The van der Waals surface area contributed by atoms with Crippen molar-refractivity contribution in [3.8, 4) is 5.75 Å². The molecule has 0 bridgehead atoms. The molecule has 3 aromatic carbocycles. The van der Waals surface area contributed by atoms with E-state index in [4.69, 9.17) is 4.74 Å². The Labute approximate surface area is 197 Å². The van der Waals surface area contributed by atoms with Gasteiger partial charge in [0.25, 0.3) is 10.0 Å². The third-order valence-corrected chi connectivity index (χ3v) is 6.87. The number of hydrogen-bond acceptors (Lipinski definition) is 5. The van der Waals surface area contributed by atoms with E-state index in [0.29, 0.717) is 24.3 Å². The summed E-state index contributed by atoms with van der Waals surface area (Å²) in [5.74, 6) is 0.116. The van der Waals surface area contributed by atoms with Crippen molar-refractivity contribution in [1.82, 2.24) is 10.2 Å². The van der Waals surface area contributed by atoms with Gasteiger partial charge in [-0.25, -0.2) is 12.8 Å². The molecule has 4 aromatic rings. The van der Waals surface area contributed by atoms with Crippen LogP contribution in [0.5, 0.6) is 5.75 Å². The quantitative estimate of drug-likeness (QED) is 0.273. The molecule has 1 aromatic heterocycles. The molecule has 0 unspecified atom stereocenters. The standard InChI is InChI=1S/C25H26FN3O4S/c1-17-23-12-11-21(16-24(23)28-27-17)33-13-3-2-10-25(30)18-6-4-8-20(14-18)29-34(31,32)22-9-5-7-19(26)15-22/h4-9,11-12,14-16,25,29-30H,2-3,10,13H2,1H3,(H,27,28)/t25-/m0/s1. The molecule has 0 aliphatic carbocycles. The number of unbranched alkanes of at least 4 members (excludes halogenated alkanes) is 1. The summed E-state index contributed by atoms with van der Waals surface area (Å²) in [5.41, 5.74) is 2.77. The highest BCUT2D eigenvalue weighted by atomic mass is 32.2. The predicted molar refractivity (Wildman–Crippen MR) is 129 cm³/mol. The molecule has 0 fully saturated rings. The Bertz CT molecular complexity index is 1390. The van der Waals surface area contributed by atoms with E-state index in [9.17, 15) is 17.9 Å². The van der Waals surface area contributed by atoms with Gasteiger partial charge in [0.2, 0.25) is 0 Å². The summed E-state index contributed by atoms with van der Waals surface area (Å²) >= 11 is 0. The van der Waals surface area contributed by atoms with Crippen LogP contribution in [0.2, 0.25) is 0 Å². The number of aromatic nitrogens is 2. The Morgan fingerprint density at radius 2 is 1.91 bits per heavy atom. The molecule has 0 saturated heterocycles. The maximum atomic E-state index is 13.4. The molecule has 0 aliphatic rings. The average Bonchev–Trinajstić information content (AvgIpc) is 3.18. The van der Waals surface area contributed by atoms with Gasteiger partial charge in [0, 0.05) is 22.8 Å². The molecular weight excluding hydrogens is 457 g/mol. The molecule has 0 aliphatic heterocycles. The fraction of sp³-hybridized carbons (Fsp3) is 0.240. The maximum absolute atomic E-state index is 13.4. The number of rotatable bonds is 10. The first kappa shape index (κ1) is 23.7. The number of aromatic amines is 1. The summed E-state index contributed by atoms with van der Waals surface area (Å²) in [6, 6.07) is 17.1. The maximum Gasteiger partial charge on any atom is 0.261 e. The average molecular weight is 484 g/mol. The number of sulfonamides is 1. The van der Waals surface area contributed by atoms with Crippen LogP contribution in [0.1, 0.15) is 36.6 Å². The van der Waals surface area contributed by atoms with Crippen molar-refractivity contribution in [2.45, 2.75) is 37.2 Å². The molecule has 1 atom stereocenters. The minimum atomic E-state index is -3.94. The van der Waals surface area contributed by atoms with Crippen molar-refractivity contribution in [2.24, 2.45) is 0 Å². The number of ether oxygens (including phenoxy) is 1. The van der Waals surface area contributed by atoms with Gasteiger partial charge in [0.1, 0.15) is 11.6 Å². The zero-order valence-electron chi connectivity index (χ0n) is 18.7. The fourth-order valence-electron chi connectivity index (χ4n) is 3.67. The smallest absolute Gasteiger partial charge is 0.261 e. The van der Waals surface area contributed by atoms with Crippen molar-refractivity contribution in [2.75, 3.05) is 11.3 Å². The number of aliphatic hydroxyl groups is 1. The van der Waals surface area contributed by atoms with Gasteiger partial charge in [-0.05, 0) is 74.2 Å². The van der Waals surface area contributed by atoms with E-state index in [2.05, 4.69) is 14.9 Å². The Balaban J connectivity index is 1.27. The van der Waals surface area contributed by atoms with Gasteiger partial charge in [-0.3, -0.25) is 9.82 Å². The van der Waals surface area contributed by atoms with E-state index in [1.807, 2.05) is 25.1 Å². The molecule has 0 radical (unpaired) electrons. The second-order valence-electron chi connectivity index (χ2n) is 8.08. The van der Waals surface area contributed by atoms with Gasteiger partial charge < -0.3 is 9.84 Å². The summed E-state index contributed by atoms with van der Waals surface area (Å²) < 4.78 is 46.6. The van der Waals surface area contributed by atoms with Crippen LogP contribution < -0.4 is 9.46 Å². The largest absolute Gasteiger partial charge is 0.494 e. The van der Waals surface area contributed by atoms with Crippen molar-refractivity contribution < 1.29 is 22.7 Å². The third-order valence-electron chi connectivity index (χ3n) is 5.49. The minimum Gasteiger partial charge on any atom is -0.494 e. The number of halogens is 1. The molecule has 9 heteroatoms. The van der Waals surface area contributed by atoms with Crippen LogP contribution in [0.15, 0.2) is 71.6 Å². The van der Waals surface area contributed by atoms with Gasteiger partial charge in [-0.1, -0.05) is 18.2 Å². The number of nitrogens with zero attached hydrogens (tertiary/aromatic N) is 1. The lowest BCUT2D eigenvalue weighted by Gasteiger charge is -2.14. The molecule has 0 spiro atoms. The number of nitrogens with one attached hydrogen (secondary N) is 2. The highest BCUT2D eigenvalue weighted by Crippen LogP contribution is 2.25. The van der Waals surface area contributed by atoms with Crippen LogP contribution in [0, 0.1) is 12.7 Å². The second-order valence-corrected chi connectivity index (χ2v) is 9.76. The Hall–Kier alpha value is -3.43. The molecule has 7 nitrogen and oxygen atoms in total. The van der Waals surface area contributed by atoms with Gasteiger partial charge >= 0.3 is 0 Å². The highest BCUT2D eigenvalue weighted by Gasteiger charge is 2.16. The number of hydrogen-bond donors (Lipinski definition) is 3. The minimum absolute atomic E-state index is 0.167. The van der Waals surface area contributed by atoms with Crippen LogP contribution in [0.3, 0.4) is 0 Å². The topological polar surface area (TPSA) is 104 Å². The Morgan fingerprint density at radius 1 is 1.09 bits per heavy atom. The molecular formula is C25H26FN3O4S. The summed E-state index contributed by atoms with van der Waals surface area (Å²) in [5, 5.41) is 18.8. The van der Waals surface area contributed by atoms with Crippen LogP contribution in [0.25, 0.3) is 10.9 Å². The molecule has 3 N–H and O–H groups in total. The van der Waals surface area contributed by atoms with Gasteiger partial charge in [-0.15, -0.1) is 0 Å². The van der Waals surface area contributed by atoms with E-state index in [-0.39, 0.29) is 4.90 Å². The van der Waals surface area contributed by atoms with Crippen molar-refractivity contribution in [3.63, 3.8) is 0 Å². The number of anilines is 1. The summed E-state index contributed by atoms with van der Waals surface area (Å²) in [6.45, 7) is 2.48. The van der Waals surface area contributed by atoms with Crippen molar-refractivity contribution in [3.05, 3.63) is 83.8 Å². The lowest BCUT2D eigenvalue weighted by molar-refractivity contribution is 0.160. The molecule has 0 saturated carbocycles. The highest BCUT2D eigenvalue weighted by molar-refractivity contribution is 7.92. The fourth-order valence-corrected chi connectivity index (χ4v) is 4.75. The molecule has 34 heavy (non-hydrogen) atoms. The van der Waals surface area contributed by atoms with Gasteiger partial charge in [0.05, 0.1) is 23.1 Å². The zero-order valence-corrected chi connectivity index (χ0v) is 19.5. The first-order chi connectivity index (χ1) is 16.3. The third kappa shape index (κ3) is 5.73. The van der Waals surface area contributed by atoms with Crippen LogP contribution in [-0.4, -0.2) is 30.3 Å². The first-order valence-corrected chi connectivity index (χ1v) is 12.4. The molecule has 1 heterocycles. The second kappa shape index (κ2) is 10.2. The van der Waals surface area contributed by atoms with Crippen LogP contribution in [-0.2, 0) is 10.0 Å². The van der Waals surface area contributed by atoms with Gasteiger partial charge in [0.15, 0.2) is 0 Å². The number of benzene rings is 3. The zero-order chi connectivity index (χ0) is 24.1. The monoisotopic (exact) mass is 483 g/mol. The van der Waals surface area contributed by atoms with Crippen molar-refractivity contribution >= 4 is 26.6 Å². The van der Waals surface area contributed by atoms with E-state index in [0.717, 1.165) is 41.3 Å². The summed E-state index contributed by atoms with van der Waals surface area (Å²) in [6.07, 6.45) is 1.23. The van der Waals surface area contributed by atoms with E-state index >= 15 is 0 Å². The number of H-pyrrole nitrogens is 1. The van der Waals surface area contributed by atoms with E-state index < -0.39 is 21.9 Å². The van der Waals surface area contributed by atoms with Gasteiger partial charge in [-0.2, -0.15) is 5.10 Å². The molecule has 4 rings (SSSR count). The Kier molecular flexibility index (Phi) is 7.14. The number of fused-ring (bicyclic) bond motifs is 1. The summed E-state index contributed by atoms with van der Waals surface area (Å²) in [7, 11) is -3.94. The van der Waals surface area contributed by atoms with Crippen LogP contribution in [0.4, 0.5) is 10.1 Å². The Morgan fingerprint density at radius 3 is 2.74 bits per heavy atom. The number of aryl methyl sites for hydroxylation is 1. The number of aliphatic hydroxyl groups excluding tert-OH is 1.